The van der Waals surface area contributed by atoms with Gasteiger partial charge in [0.25, 0.3) is 0 Å². The Labute approximate surface area is 181 Å². The van der Waals surface area contributed by atoms with Crippen molar-refractivity contribution in [2.45, 2.75) is 54.4 Å². The molecule has 30 heavy (non-hydrogen) atoms. The molecule has 168 valence electrons. The molecule has 0 spiro atoms. The topological polar surface area (TPSA) is 81.7 Å². The Bertz CT molecular complexity index is 867. The van der Waals surface area contributed by atoms with Crippen LogP contribution in [0.1, 0.15) is 50.8 Å². The molecule has 0 aliphatic carbocycles. The SMILES string of the molecule is CC.CC.COc1ccc(Oc2c(C)cc(CCC(=O)NS(C)(=O)=O)cc2C)cc1. The van der Waals surface area contributed by atoms with Gasteiger partial charge in [-0.05, 0) is 61.2 Å². The van der Waals surface area contributed by atoms with Gasteiger partial charge in [-0.25, -0.2) is 8.42 Å². The van der Waals surface area contributed by atoms with Crippen LogP contribution in [0.4, 0.5) is 0 Å². The average molecular weight is 438 g/mol. The van der Waals surface area contributed by atoms with Gasteiger partial charge in [0, 0.05) is 6.42 Å². The minimum absolute atomic E-state index is 0.102. The Morgan fingerprint density at radius 2 is 1.40 bits per heavy atom. The fourth-order valence-electron chi connectivity index (χ4n) is 2.62. The lowest BCUT2D eigenvalue weighted by molar-refractivity contribution is -0.119. The number of aryl methyl sites for hydroxylation is 3. The number of carbonyl (C=O) groups is 1. The van der Waals surface area contributed by atoms with E-state index in [1.807, 2.05) is 82.7 Å². The quantitative estimate of drug-likeness (QED) is 0.646. The van der Waals surface area contributed by atoms with Crippen LogP contribution in [0.25, 0.3) is 0 Å². The van der Waals surface area contributed by atoms with Crippen LogP contribution in [-0.2, 0) is 21.2 Å². The summed E-state index contributed by atoms with van der Waals surface area (Å²) < 4.78 is 35.2. The van der Waals surface area contributed by atoms with Crippen LogP contribution in [-0.4, -0.2) is 27.7 Å². The molecule has 7 heteroatoms. The zero-order valence-corrected chi connectivity index (χ0v) is 20.1. The number of hydrogen-bond donors (Lipinski definition) is 1. The Kier molecular flexibility index (Phi) is 12.5. The molecule has 0 heterocycles. The summed E-state index contributed by atoms with van der Waals surface area (Å²) in [6, 6.07) is 11.2. The molecule has 0 bridgehead atoms. The van der Waals surface area contributed by atoms with Gasteiger partial charge in [-0.15, -0.1) is 0 Å². The second kappa shape index (κ2) is 13.6. The molecular formula is C23H35NO5S. The first-order valence-electron chi connectivity index (χ1n) is 10.1. The van der Waals surface area contributed by atoms with E-state index >= 15 is 0 Å². The minimum Gasteiger partial charge on any atom is -0.497 e. The molecule has 0 aliphatic rings. The van der Waals surface area contributed by atoms with E-state index in [2.05, 4.69) is 0 Å². The summed E-state index contributed by atoms with van der Waals surface area (Å²) in [5.41, 5.74) is 2.84. The number of amides is 1. The van der Waals surface area contributed by atoms with E-state index in [9.17, 15) is 13.2 Å². The van der Waals surface area contributed by atoms with E-state index in [1.165, 1.54) is 0 Å². The normalized spacial score (nSPS) is 10.0. The standard InChI is InChI=1S/C19H23NO5S.2C2H6/c1-13-11-15(5-10-18(21)20-26(4,22)23)12-14(2)19(13)25-17-8-6-16(24-3)7-9-17;2*1-2/h6-9,11-12H,5,10H2,1-4H3,(H,20,21);2*1-2H3. The van der Waals surface area contributed by atoms with E-state index < -0.39 is 15.9 Å². The highest BCUT2D eigenvalue weighted by Gasteiger charge is 2.11. The van der Waals surface area contributed by atoms with Gasteiger partial charge >= 0.3 is 0 Å². The number of hydrogen-bond acceptors (Lipinski definition) is 5. The van der Waals surface area contributed by atoms with Crippen LogP contribution >= 0.6 is 0 Å². The summed E-state index contributed by atoms with van der Waals surface area (Å²) in [5, 5.41) is 0. The van der Waals surface area contributed by atoms with Crippen LogP contribution in [0.3, 0.4) is 0 Å². The van der Waals surface area contributed by atoms with Crippen molar-refractivity contribution in [3.8, 4) is 17.2 Å². The lowest BCUT2D eigenvalue weighted by atomic mass is 10.0. The van der Waals surface area contributed by atoms with Crippen molar-refractivity contribution in [1.29, 1.82) is 0 Å². The lowest BCUT2D eigenvalue weighted by Gasteiger charge is -2.14. The largest absolute Gasteiger partial charge is 0.497 e. The number of ether oxygens (including phenoxy) is 2. The highest BCUT2D eigenvalue weighted by atomic mass is 32.2. The maximum Gasteiger partial charge on any atom is 0.233 e. The summed E-state index contributed by atoms with van der Waals surface area (Å²) in [6.07, 6.45) is 1.51. The molecule has 2 aromatic rings. The van der Waals surface area contributed by atoms with Crippen molar-refractivity contribution in [3.05, 3.63) is 53.1 Å². The van der Waals surface area contributed by atoms with E-state index in [0.29, 0.717) is 12.2 Å². The highest BCUT2D eigenvalue weighted by Crippen LogP contribution is 2.31. The number of methoxy groups -OCH3 is 1. The van der Waals surface area contributed by atoms with Gasteiger partial charge in [0.1, 0.15) is 17.2 Å². The summed E-state index contributed by atoms with van der Waals surface area (Å²) in [5.74, 6) is 1.71. The molecule has 2 aromatic carbocycles. The van der Waals surface area contributed by atoms with Crippen LogP contribution in [0.15, 0.2) is 36.4 Å². The Hall–Kier alpha value is -2.54. The number of nitrogens with one attached hydrogen (secondary N) is 1. The fourth-order valence-corrected chi connectivity index (χ4v) is 3.14. The molecule has 0 aliphatic heterocycles. The second-order valence-electron chi connectivity index (χ2n) is 6.13. The third-order valence-corrected chi connectivity index (χ3v) is 4.34. The van der Waals surface area contributed by atoms with E-state index in [-0.39, 0.29) is 6.42 Å². The predicted octanol–water partition coefficient (Wildman–Crippen LogP) is 5.17. The van der Waals surface area contributed by atoms with E-state index in [0.717, 1.165) is 34.4 Å². The molecular weight excluding hydrogens is 402 g/mol. The molecule has 6 nitrogen and oxygen atoms in total. The monoisotopic (exact) mass is 437 g/mol. The van der Waals surface area contributed by atoms with Gasteiger partial charge in [-0.1, -0.05) is 39.8 Å². The Balaban J connectivity index is 0.00000198. The molecule has 1 N–H and O–H groups in total. The van der Waals surface area contributed by atoms with Gasteiger partial charge in [0.15, 0.2) is 0 Å². The van der Waals surface area contributed by atoms with Crippen molar-refractivity contribution < 1.29 is 22.7 Å². The maximum absolute atomic E-state index is 11.6. The van der Waals surface area contributed by atoms with Crippen LogP contribution < -0.4 is 14.2 Å². The fraction of sp³-hybridized carbons (Fsp3) is 0.435. The van der Waals surface area contributed by atoms with Gasteiger partial charge in [0.05, 0.1) is 13.4 Å². The average Bonchev–Trinajstić information content (AvgIpc) is 2.71. The van der Waals surface area contributed by atoms with E-state index in [1.54, 1.807) is 7.11 Å². The first-order chi connectivity index (χ1) is 14.2. The van der Waals surface area contributed by atoms with Crippen molar-refractivity contribution in [2.75, 3.05) is 13.4 Å². The molecule has 0 unspecified atom stereocenters. The summed E-state index contributed by atoms with van der Waals surface area (Å²) >= 11 is 0. The number of benzene rings is 2. The van der Waals surface area contributed by atoms with Gasteiger partial charge in [-0.2, -0.15) is 0 Å². The molecule has 0 aromatic heterocycles. The highest BCUT2D eigenvalue weighted by molar-refractivity contribution is 7.89. The molecule has 0 radical (unpaired) electrons. The van der Waals surface area contributed by atoms with Crippen molar-refractivity contribution in [3.63, 3.8) is 0 Å². The molecule has 0 saturated heterocycles. The van der Waals surface area contributed by atoms with Crippen molar-refractivity contribution >= 4 is 15.9 Å². The molecule has 0 saturated carbocycles. The Morgan fingerprint density at radius 3 is 1.83 bits per heavy atom. The molecule has 0 fully saturated rings. The van der Waals surface area contributed by atoms with Crippen molar-refractivity contribution in [1.82, 2.24) is 4.72 Å². The zero-order valence-electron chi connectivity index (χ0n) is 19.3. The summed E-state index contributed by atoms with van der Waals surface area (Å²) in [6.45, 7) is 11.9. The van der Waals surface area contributed by atoms with Crippen molar-refractivity contribution in [2.24, 2.45) is 0 Å². The Morgan fingerprint density at radius 1 is 0.933 bits per heavy atom. The van der Waals surface area contributed by atoms with Crippen LogP contribution in [0.5, 0.6) is 17.2 Å². The van der Waals surface area contributed by atoms with Crippen LogP contribution in [0, 0.1) is 13.8 Å². The smallest absolute Gasteiger partial charge is 0.233 e. The van der Waals surface area contributed by atoms with Crippen LogP contribution in [0.2, 0.25) is 0 Å². The predicted molar refractivity (Wildman–Crippen MR) is 123 cm³/mol. The van der Waals surface area contributed by atoms with Gasteiger partial charge in [-0.3, -0.25) is 9.52 Å². The summed E-state index contributed by atoms with van der Waals surface area (Å²) in [4.78, 5) is 11.6. The third-order valence-electron chi connectivity index (χ3n) is 3.74. The zero-order chi connectivity index (χ0) is 23.3. The van der Waals surface area contributed by atoms with Gasteiger partial charge in [0.2, 0.25) is 15.9 Å². The first-order valence-corrected chi connectivity index (χ1v) is 12.0. The lowest BCUT2D eigenvalue weighted by Crippen LogP contribution is -2.29. The number of carbonyl (C=O) groups excluding carboxylic acids is 1. The third kappa shape index (κ3) is 9.78. The number of sulfonamides is 1. The molecule has 2 rings (SSSR count). The second-order valence-corrected chi connectivity index (χ2v) is 7.88. The summed E-state index contributed by atoms with van der Waals surface area (Å²) in [7, 11) is -1.91. The molecule has 0 atom stereocenters. The minimum atomic E-state index is -3.52. The maximum atomic E-state index is 11.6. The number of rotatable bonds is 7. The van der Waals surface area contributed by atoms with Gasteiger partial charge < -0.3 is 9.47 Å². The van der Waals surface area contributed by atoms with E-state index in [4.69, 9.17) is 9.47 Å². The molecule has 1 amide bonds. The first kappa shape index (κ1) is 27.5.